The third-order valence-corrected chi connectivity index (χ3v) is 4.28. The molecule has 0 saturated heterocycles. The van der Waals surface area contributed by atoms with Crippen molar-refractivity contribution in [3.05, 3.63) is 0 Å². The zero-order valence-electron chi connectivity index (χ0n) is 9.81. The average Bonchev–Trinajstić information content (AvgIpc) is 2.93. The van der Waals surface area contributed by atoms with Crippen LogP contribution in [0.3, 0.4) is 0 Å². The number of nitrogens with two attached hydrogens (primary N) is 1. The van der Waals surface area contributed by atoms with Crippen LogP contribution in [0.4, 0.5) is 0 Å². The van der Waals surface area contributed by atoms with Crippen molar-refractivity contribution in [2.24, 2.45) is 11.7 Å². The Kier molecular flexibility index (Phi) is 2.53. The van der Waals surface area contributed by atoms with Crippen LogP contribution in [0.1, 0.15) is 52.4 Å². The topological polar surface area (TPSA) is 55.1 Å². The molecule has 2 fully saturated rings. The minimum absolute atomic E-state index is 0.0616. The molecule has 3 N–H and O–H groups in total. The van der Waals surface area contributed by atoms with Crippen molar-refractivity contribution in [3.8, 4) is 0 Å². The number of carbonyl (C=O) groups excluding carboxylic acids is 1. The van der Waals surface area contributed by atoms with Crippen LogP contribution < -0.4 is 11.1 Å². The van der Waals surface area contributed by atoms with Gasteiger partial charge in [0, 0.05) is 5.54 Å². The summed E-state index contributed by atoms with van der Waals surface area (Å²) in [6.45, 7) is 4.02. The van der Waals surface area contributed by atoms with Crippen LogP contribution in [0, 0.1) is 5.92 Å². The highest BCUT2D eigenvalue weighted by Crippen LogP contribution is 2.40. The van der Waals surface area contributed by atoms with Gasteiger partial charge in [0.2, 0.25) is 5.91 Å². The molecule has 2 aliphatic carbocycles. The molecule has 2 rings (SSSR count). The summed E-state index contributed by atoms with van der Waals surface area (Å²) in [5, 5.41) is 3.18. The molecule has 86 valence electrons. The Morgan fingerprint density at radius 2 is 2.13 bits per heavy atom. The number of hydrogen-bond acceptors (Lipinski definition) is 2. The van der Waals surface area contributed by atoms with Gasteiger partial charge in [0.15, 0.2) is 0 Å². The molecule has 3 nitrogen and oxygen atoms in total. The van der Waals surface area contributed by atoms with E-state index in [-0.39, 0.29) is 11.4 Å². The third-order valence-electron chi connectivity index (χ3n) is 4.28. The van der Waals surface area contributed by atoms with E-state index >= 15 is 0 Å². The lowest BCUT2D eigenvalue weighted by atomic mass is 9.74. The second kappa shape index (κ2) is 3.48. The predicted molar refractivity (Wildman–Crippen MR) is 60.3 cm³/mol. The number of rotatable bonds is 4. The number of nitrogens with one attached hydrogen (secondary N) is 1. The van der Waals surface area contributed by atoms with Crippen molar-refractivity contribution in [1.29, 1.82) is 0 Å². The van der Waals surface area contributed by atoms with Gasteiger partial charge in [-0.3, -0.25) is 4.79 Å². The van der Waals surface area contributed by atoms with Crippen molar-refractivity contribution in [2.75, 3.05) is 0 Å². The zero-order chi connectivity index (χ0) is 11.1. The van der Waals surface area contributed by atoms with E-state index in [1.807, 2.05) is 6.92 Å². The van der Waals surface area contributed by atoms with Crippen LogP contribution in [0.5, 0.6) is 0 Å². The molecule has 3 heteroatoms. The number of hydrogen-bond donors (Lipinski definition) is 2. The maximum atomic E-state index is 12.1. The minimum Gasteiger partial charge on any atom is -0.349 e. The first-order valence-corrected chi connectivity index (χ1v) is 6.12. The predicted octanol–water partition coefficient (Wildman–Crippen LogP) is 1.56. The third kappa shape index (κ3) is 1.89. The molecule has 0 bridgehead atoms. The molecular formula is C12H22N2O. The van der Waals surface area contributed by atoms with Crippen molar-refractivity contribution in [3.63, 3.8) is 0 Å². The zero-order valence-corrected chi connectivity index (χ0v) is 9.81. The summed E-state index contributed by atoms with van der Waals surface area (Å²) in [5.74, 6) is 0.470. The van der Waals surface area contributed by atoms with E-state index in [1.54, 1.807) is 0 Å². The van der Waals surface area contributed by atoms with E-state index in [4.69, 9.17) is 5.73 Å². The molecule has 0 heterocycles. The lowest BCUT2D eigenvalue weighted by Crippen LogP contribution is -2.62. The molecule has 0 aromatic carbocycles. The Bertz CT molecular complexity index is 259. The molecule has 2 saturated carbocycles. The molecule has 0 radical (unpaired) electrons. The van der Waals surface area contributed by atoms with Crippen LogP contribution in [-0.2, 0) is 4.79 Å². The van der Waals surface area contributed by atoms with Crippen LogP contribution in [0.2, 0.25) is 0 Å². The summed E-state index contributed by atoms with van der Waals surface area (Å²) < 4.78 is 0. The lowest BCUT2D eigenvalue weighted by molar-refractivity contribution is -0.129. The van der Waals surface area contributed by atoms with Crippen molar-refractivity contribution >= 4 is 5.91 Å². The molecule has 15 heavy (non-hydrogen) atoms. The Labute approximate surface area is 91.8 Å². The second-order valence-corrected chi connectivity index (χ2v) is 5.50. The standard InChI is InChI=1S/C12H22N2O/c1-3-12(7-4-8-12)14-10(15)11(2,13)9-5-6-9/h9H,3-8,13H2,1-2H3,(H,14,15). The summed E-state index contributed by atoms with van der Waals surface area (Å²) >= 11 is 0. The van der Waals surface area contributed by atoms with Gasteiger partial charge in [-0.2, -0.15) is 0 Å². The fourth-order valence-corrected chi connectivity index (χ4v) is 2.41. The Morgan fingerprint density at radius 1 is 1.53 bits per heavy atom. The van der Waals surface area contributed by atoms with Crippen LogP contribution in [0.25, 0.3) is 0 Å². The van der Waals surface area contributed by atoms with Gasteiger partial charge in [0.1, 0.15) is 0 Å². The van der Waals surface area contributed by atoms with Crippen molar-refractivity contribution in [2.45, 2.75) is 63.5 Å². The molecule has 2 aliphatic rings. The highest BCUT2D eigenvalue weighted by atomic mass is 16.2. The minimum atomic E-state index is -0.641. The summed E-state index contributed by atoms with van der Waals surface area (Å²) in [6.07, 6.45) is 6.73. The van der Waals surface area contributed by atoms with E-state index in [2.05, 4.69) is 12.2 Å². The summed E-state index contributed by atoms with van der Waals surface area (Å²) in [5.41, 5.74) is 5.53. The molecule has 0 aromatic rings. The van der Waals surface area contributed by atoms with Crippen molar-refractivity contribution < 1.29 is 4.79 Å². The quantitative estimate of drug-likeness (QED) is 0.740. The van der Waals surface area contributed by atoms with Gasteiger partial charge in [0.05, 0.1) is 5.54 Å². The number of amides is 1. The van der Waals surface area contributed by atoms with Gasteiger partial charge in [0.25, 0.3) is 0 Å². The van der Waals surface area contributed by atoms with E-state index in [1.165, 1.54) is 6.42 Å². The monoisotopic (exact) mass is 210 g/mol. The Balaban J connectivity index is 1.96. The second-order valence-electron chi connectivity index (χ2n) is 5.50. The first-order valence-electron chi connectivity index (χ1n) is 6.12. The molecule has 0 spiro atoms. The molecular weight excluding hydrogens is 188 g/mol. The van der Waals surface area contributed by atoms with E-state index in [0.717, 1.165) is 32.1 Å². The van der Waals surface area contributed by atoms with Crippen molar-refractivity contribution in [1.82, 2.24) is 5.32 Å². The lowest BCUT2D eigenvalue weighted by Gasteiger charge is -2.43. The largest absolute Gasteiger partial charge is 0.349 e. The van der Waals surface area contributed by atoms with Crippen LogP contribution >= 0.6 is 0 Å². The van der Waals surface area contributed by atoms with E-state index < -0.39 is 5.54 Å². The first-order chi connectivity index (χ1) is 7.00. The van der Waals surface area contributed by atoms with Gasteiger partial charge in [-0.15, -0.1) is 0 Å². The average molecular weight is 210 g/mol. The fraction of sp³-hybridized carbons (Fsp3) is 0.917. The highest BCUT2D eigenvalue weighted by molar-refractivity contribution is 5.87. The van der Waals surface area contributed by atoms with Crippen LogP contribution in [0.15, 0.2) is 0 Å². The normalized spacial score (nSPS) is 27.7. The highest BCUT2D eigenvalue weighted by Gasteiger charge is 2.47. The Morgan fingerprint density at radius 3 is 2.47 bits per heavy atom. The van der Waals surface area contributed by atoms with Gasteiger partial charge >= 0.3 is 0 Å². The molecule has 1 unspecified atom stereocenters. The fourth-order valence-electron chi connectivity index (χ4n) is 2.41. The number of carbonyl (C=O) groups is 1. The summed E-state index contributed by atoms with van der Waals surface area (Å²) in [4.78, 5) is 12.1. The summed E-state index contributed by atoms with van der Waals surface area (Å²) in [6, 6.07) is 0. The van der Waals surface area contributed by atoms with E-state index in [9.17, 15) is 4.79 Å². The van der Waals surface area contributed by atoms with E-state index in [0.29, 0.717) is 5.92 Å². The van der Waals surface area contributed by atoms with Gasteiger partial charge in [-0.1, -0.05) is 6.92 Å². The molecule has 1 atom stereocenters. The van der Waals surface area contributed by atoms with Gasteiger partial charge < -0.3 is 11.1 Å². The maximum absolute atomic E-state index is 12.1. The first kappa shape index (κ1) is 10.9. The molecule has 0 aliphatic heterocycles. The summed E-state index contributed by atoms with van der Waals surface area (Å²) in [7, 11) is 0. The maximum Gasteiger partial charge on any atom is 0.240 e. The molecule has 0 aromatic heterocycles. The van der Waals surface area contributed by atoms with Gasteiger partial charge in [-0.25, -0.2) is 0 Å². The molecule has 1 amide bonds. The van der Waals surface area contributed by atoms with Crippen LogP contribution in [-0.4, -0.2) is 17.0 Å². The smallest absolute Gasteiger partial charge is 0.240 e. The SMILES string of the molecule is CCC1(NC(=O)C(C)(N)C2CC2)CCC1. The Hall–Kier alpha value is -0.570. The van der Waals surface area contributed by atoms with Gasteiger partial charge in [-0.05, 0) is 51.4 Å².